The van der Waals surface area contributed by atoms with Crippen molar-refractivity contribution in [1.29, 1.82) is 0 Å². The molecule has 0 unspecified atom stereocenters. The summed E-state index contributed by atoms with van der Waals surface area (Å²) < 4.78 is 0. The van der Waals surface area contributed by atoms with Gasteiger partial charge in [-0.3, -0.25) is 24.1 Å². The first-order valence-corrected chi connectivity index (χ1v) is 12.9. The predicted octanol–water partition coefficient (Wildman–Crippen LogP) is 3.13. The molecule has 3 saturated heterocycles. The van der Waals surface area contributed by atoms with Crippen LogP contribution in [0.15, 0.2) is 34.7 Å². The Morgan fingerprint density at radius 2 is 1.71 bits per heavy atom. The lowest BCUT2D eigenvalue weighted by atomic mass is 10.0. The van der Waals surface area contributed by atoms with Crippen molar-refractivity contribution >= 4 is 46.3 Å². The number of carbonyl (C=O) groups is 4. The van der Waals surface area contributed by atoms with Crippen molar-refractivity contribution in [3.63, 3.8) is 0 Å². The van der Waals surface area contributed by atoms with Gasteiger partial charge in [0.15, 0.2) is 0 Å². The van der Waals surface area contributed by atoms with E-state index in [0.717, 1.165) is 41.9 Å². The molecule has 0 aromatic heterocycles. The van der Waals surface area contributed by atoms with Gasteiger partial charge in [0.2, 0.25) is 5.91 Å². The van der Waals surface area contributed by atoms with E-state index in [0.29, 0.717) is 48.0 Å². The van der Waals surface area contributed by atoms with Gasteiger partial charge in [0, 0.05) is 26.2 Å². The van der Waals surface area contributed by atoms with Gasteiger partial charge in [0.1, 0.15) is 6.54 Å². The molecule has 0 bridgehead atoms. The Morgan fingerprint density at radius 1 is 1.00 bits per heavy atom. The third-order valence-corrected chi connectivity index (χ3v) is 7.82. The zero-order valence-corrected chi connectivity index (χ0v) is 20.6. The first kappa shape index (κ1) is 24.8. The van der Waals surface area contributed by atoms with Gasteiger partial charge >= 0.3 is 0 Å². The lowest BCUT2D eigenvalue weighted by Gasteiger charge is -2.29. The van der Waals surface area contributed by atoms with E-state index in [2.05, 4.69) is 10.2 Å². The van der Waals surface area contributed by atoms with Crippen LogP contribution in [0.1, 0.15) is 42.5 Å². The molecule has 1 N–H and O–H groups in total. The van der Waals surface area contributed by atoms with Crippen LogP contribution in [0.3, 0.4) is 0 Å². The highest BCUT2D eigenvalue weighted by atomic mass is 35.5. The van der Waals surface area contributed by atoms with Gasteiger partial charge in [-0.2, -0.15) is 0 Å². The molecule has 1 aromatic carbocycles. The van der Waals surface area contributed by atoms with Crippen LogP contribution < -0.4 is 5.32 Å². The standard InChI is InChI=1S/C24H29ClN4O4S/c25-19-7-3-2-6-18(19)22(31)28-13-8-17(9-14-28)21-23(32)29(24(33)34-21)16-20(30)26-10-15-27-11-4-1-5-12-27/h2-3,6-7H,1,4-5,8-16H2,(H,26,30). The third kappa shape index (κ3) is 5.82. The first-order chi connectivity index (χ1) is 16.4. The highest BCUT2D eigenvalue weighted by Gasteiger charge is 2.39. The Morgan fingerprint density at radius 3 is 2.41 bits per heavy atom. The molecule has 10 heteroatoms. The van der Waals surface area contributed by atoms with Crippen LogP contribution in [-0.4, -0.2) is 83.5 Å². The number of hydrogen-bond acceptors (Lipinski definition) is 6. The fourth-order valence-electron chi connectivity index (χ4n) is 4.50. The van der Waals surface area contributed by atoms with Crippen LogP contribution >= 0.6 is 23.4 Å². The van der Waals surface area contributed by atoms with Crippen molar-refractivity contribution in [2.45, 2.75) is 32.1 Å². The molecule has 4 rings (SSSR count). The number of hydrogen-bond donors (Lipinski definition) is 1. The SMILES string of the molecule is O=C(CN1C(=O)SC(=C2CCN(C(=O)c3ccccc3Cl)CC2)C1=O)NCCN1CCCCC1. The second-order valence-corrected chi connectivity index (χ2v) is 10.1. The smallest absolute Gasteiger partial charge is 0.294 e. The molecule has 0 spiro atoms. The van der Waals surface area contributed by atoms with Gasteiger partial charge in [-0.1, -0.05) is 30.2 Å². The summed E-state index contributed by atoms with van der Waals surface area (Å²) >= 11 is 7.04. The van der Waals surface area contributed by atoms with E-state index < -0.39 is 11.1 Å². The largest absolute Gasteiger partial charge is 0.353 e. The van der Waals surface area contributed by atoms with Gasteiger partial charge in [0.25, 0.3) is 17.1 Å². The fraction of sp³-hybridized carbons (Fsp3) is 0.500. The topological polar surface area (TPSA) is 90.0 Å². The third-order valence-electron chi connectivity index (χ3n) is 6.43. The van der Waals surface area contributed by atoms with Crippen molar-refractivity contribution in [2.24, 2.45) is 0 Å². The van der Waals surface area contributed by atoms with E-state index >= 15 is 0 Å². The Balaban J connectivity index is 1.29. The lowest BCUT2D eigenvalue weighted by molar-refractivity contribution is -0.129. The molecule has 3 aliphatic rings. The first-order valence-electron chi connectivity index (χ1n) is 11.7. The summed E-state index contributed by atoms with van der Waals surface area (Å²) in [4.78, 5) is 55.9. The van der Waals surface area contributed by atoms with Gasteiger partial charge in [-0.25, -0.2) is 0 Å². The van der Waals surface area contributed by atoms with Crippen molar-refractivity contribution in [3.05, 3.63) is 45.3 Å². The molecule has 182 valence electrons. The number of carbonyl (C=O) groups excluding carboxylic acids is 4. The molecule has 34 heavy (non-hydrogen) atoms. The molecule has 0 aliphatic carbocycles. The highest BCUT2D eigenvalue weighted by Crippen LogP contribution is 2.36. The predicted molar refractivity (Wildman–Crippen MR) is 132 cm³/mol. The maximum atomic E-state index is 12.9. The normalized spacial score (nSPS) is 19.7. The number of amides is 4. The molecular weight excluding hydrogens is 476 g/mol. The summed E-state index contributed by atoms with van der Waals surface area (Å²) in [5, 5.41) is 2.81. The minimum atomic E-state index is -0.423. The summed E-state index contributed by atoms with van der Waals surface area (Å²) in [6.07, 6.45) is 4.64. The maximum absolute atomic E-state index is 12.9. The van der Waals surface area contributed by atoms with E-state index in [-0.39, 0.29) is 18.4 Å². The summed E-state index contributed by atoms with van der Waals surface area (Å²) in [5.41, 5.74) is 1.32. The molecule has 3 fully saturated rings. The van der Waals surface area contributed by atoms with Crippen molar-refractivity contribution in [2.75, 3.05) is 45.8 Å². The van der Waals surface area contributed by atoms with Crippen molar-refractivity contribution < 1.29 is 19.2 Å². The van der Waals surface area contributed by atoms with Crippen LogP contribution in [0.25, 0.3) is 0 Å². The van der Waals surface area contributed by atoms with Crippen LogP contribution in [0.4, 0.5) is 4.79 Å². The number of likely N-dealkylation sites (tertiary alicyclic amines) is 2. The second kappa shape index (κ2) is 11.4. The Labute approximate surface area is 208 Å². The molecule has 0 saturated carbocycles. The summed E-state index contributed by atoms with van der Waals surface area (Å²) in [5.74, 6) is -0.883. The number of nitrogens with one attached hydrogen (secondary N) is 1. The molecule has 4 amide bonds. The number of piperidine rings is 2. The number of halogens is 1. The quantitative estimate of drug-likeness (QED) is 0.599. The van der Waals surface area contributed by atoms with E-state index in [1.807, 2.05) is 0 Å². The summed E-state index contributed by atoms with van der Waals surface area (Å²) in [7, 11) is 0. The zero-order valence-electron chi connectivity index (χ0n) is 19.1. The lowest BCUT2D eigenvalue weighted by Crippen LogP contribution is -2.43. The number of imide groups is 1. The van der Waals surface area contributed by atoms with Crippen LogP contribution in [0, 0.1) is 0 Å². The Hall–Kier alpha value is -2.36. The Bertz CT molecular complexity index is 998. The van der Waals surface area contributed by atoms with Crippen LogP contribution in [0.2, 0.25) is 5.02 Å². The number of benzene rings is 1. The van der Waals surface area contributed by atoms with E-state index in [1.165, 1.54) is 19.3 Å². The monoisotopic (exact) mass is 504 g/mol. The van der Waals surface area contributed by atoms with Gasteiger partial charge in [0.05, 0.1) is 15.5 Å². The van der Waals surface area contributed by atoms with Gasteiger partial charge in [-0.05, 0) is 68.2 Å². The van der Waals surface area contributed by atoms with Gasteiger partial charge < -0.3 is 15.1 Å². The van der Waals surface area contributed by atoms with Crippen molar-refractivity contribution in [1.82, 2.24) is 20.0 Å². The molecular formula is C24H29ClN4O4S. The Kier molecular flexibility index (Phi) is 8.28. The fourth-order valence-corrected chi connectivity index (χ4v) is 5.69. The number of nitrogens with zero attached hydrogens (tertiary/aromatic N) is 3. The summed E-state index contributed by atoms with van der Waals surface area (Å²) in [6, 6.07) is 6.93. The van der Waals surface area contributed by atoms with Crippen molar-refractivity contribution in [3.8, 4) is 0 Å². The molecule has 8 nitrogen and oxygen atoms in total. The average molecular weight is 505 g/mol. The maximum Gasteiger partial charge on any atom is 0.294 e. The van der Waals surface area contributed by atoms with Crippen LogP contribution in [0.5, 0.6) is 0 Å². The number of thioether (sulfide) groups is 1. The number of rotatable bonds is 6. The highest BCUT2D eigenvalue weighted by molar-refractivity contribution is 8.18. The summed E-state index contributed by atoms with van der Waals surface area (Å²) in [6.45, 7) is 4.01. The molecule has 3 aliphatic heterocycles. The molecule has 0 radical (unpaired) electrons. The van der Waals surface area contributed by atoms with E-state index in [9.17, 15) is 19.2 Å². The van der Waals surface area contributed by atoms with E-state index in [4.69, 9.17) is 11.6 Å². The van der Waals surface area contributed by atoms with E-state index in [1.54, 1.807) is 29.2 Å². The van der Waals surface area contributed by atoms with Crippen LogP contribution in [-0.2, 0) is 9.59 Å². The minimum Gasteiger partial charge on any atom is -0.353 e. The average Bonchev–Trinajstić information content (AvgIpc) is 3.13. The molecule has 3 heterocycles. The second-order valence-electron chi connectivity index (χ2n) is 8.72. The minimum absolute atomic E-state index is 0.140. The zero-order chi connectivity index (χ0) is 24.1. The molecule has 1 aromatic rings. The van der Waals surface area contributed by atoms with Gasteiger partial charge in [-0.15, -0.1) is 0 Å². The molecule has 0 atom stereocenters.